The molecule has 0 radical (unpaired) electrons. The van der Waals surface area contributed by atoms with E-state index in [9.17, 15) is 13.2 Å². The van der Waals surface area contributed by atoms with Crippen molar-refractivity contribution in [2.75, 3.05) is 43.8 Å². The molecule has 3 rings (SSSR count). The number of hydrogen-bond acceptors (Lipinski definition) is 6. The largest absolute Gasteiger partial charge is 0.462 e. The van der Waals surface area contributed by atoms with Crippen molar-refractivity contribution in [3.63, 3.8) is 0 Å². The third-order valence-electron chi connectivity index (χ3n) is 4.04. The van der Waals surface area contributed by atoms with Crippen molar-refractivity contribution in [2.45, 2.75) is 18.9 Å². The van der Waals surface area contributed by atoms with Gasteiger partial charge < -0.3 is 14.2 Å². The van der Waals surface area contributed by atoms with E-state index in [-0.39, 0.29) is 12.7 Å². The van der Waals surface area contributed by atoms with Crippen molar-refractivity contribution in [3.05, 3.63) is 29.8 Å². The summed E-state index contributed by atoms with van der Waals surface area (Å²) in [6.07, 6.45) is 1.21. The summed E-state index contributed by atoms with van der Waals surface area (Å²) >= 11 is 0. The van der Waals surface area contributed by atoms with Gasteiger partial charge in [-0.1, -0.05) is 6.07 Å². The average molecular weight is 370 g/mol. The van der Waals surface area contributed by atoms with Gasteiger partial charge in [0, 0.05) is 19.5 Å². The highest BCUT2D eigenvalue weighted by Gasteiger charge is 2.26. The summed E-state index contributed by atoms with van der Waals surface area (Å²) in [5.74, 6) is -0.485. The molecule has 0 aromatic heterocycles. The molecule has 138 valence electrons. The Hall–Kier alpha value is -1.68. The van der Waals surface area contributed by atoms with Gasteiger partial charge in [-0.25, -0.2) is 4.79 Å². The van der Waals surface area contributed by atoms with E-state index in [1.807, 2.05) is 0 Å². The Labute approximate surface area is 147 Å². The Morgan fingerprint density at radius 3 is 3.00 bits per heavy atom. The van der Waals surface area contributed by atoms with Gasteiger partial charge in [-0.05, 0) is 24.6 Å². The van der Waals surface area contributed by atoms with Crippen LogP contribution in [0.1, 0.15) is 23.2 Å². The summed E-state index contributed by atoms with van der Waals surface area (Å²) in [7, 11) is -3.55. The maximum absolute atomic E-state index is 12.2. The molecule has 0 aliphatic carbocycles. The molecule has 1 N–H and O–H groups in total. The molecule has 2 saturated heterocycles. The Morgan fingerprint density at radius 2 is 2.24 bits per heavy atom. The van der Waals surface area contributed by atoms with Gasteiger partial charge in [0.05, 0.1) is 43.8 Å². The highest BCUT2D eigenvalue weighted by atomic mass is 32.2. The molecule has 0 spiro atoms. The Bertz CT molecular complexity index is 702. The third kappa shape index (κ3) is 4.69. The van der Waals surface area contributed by atoms with Crippen LogP contribution in [0.3, 0.4) is 0 Å². The Morgan fingerprint density at radius 1 is 1.36 bits per heavy atom. The summed E-state index contributed by atoms with van der Waals surface area (Å²) in [6, 6.07) is 6.45. The second-order valence-electron chi connectivity index (χ2n) is 5.87. The summed E-state index contributed by atoms with van der Waals surface area (Å²) < 4.78 is 44.0. The van der Waals surface area contributed by atoms with Gasteiger partial charge in [-0.15, -0.1) is 0 Å². The van der Waals surface area contributed by atoms with E-state index in [4.69, 9.17) is 14.2 Å². The van der Waals surface area contributed by atoms with Crippen LogP contribution >= 0.6 is 0 Å². The molecule has 0 saturated carbocycles. The van der Waals surface area contributed by atoms with Gasteiger partial charge in [0.25, 0.3) is 0 Å². The van der Waals surface area contributed by atoms with E-state index in [1.165, 1.54) is 10.4 Å². The molecule has 1 unspecified atom stereocenters. The zero-order valence-corrected chi connectivity index (χ0v) is 14.7. The topological polar surface area (TPSA) is 94.2 Å². The van der Waals surface area contributed by atoms with Crippen LogP contribution in [-0.4, -0.2) is 60.0 Å². The number of benzene rings is 1. The van der Waals surface area contributed by atoms with Gasteiger partial charge >= 0.3 is 16.2 Å². The molecule has 1 aromatic carbocycles. The Kier molecular flexibility index (Phi) is 5.89. The number of carbonyl (C=O) groups is 1. The highest BCUT2D eigenvalue weighted by Crippen LogP contribution is 2.21. The van der Waals surface area contributed by atoms with Crippen LogP contribution in [0.15, 0.2) is 24.3 Å². The standard InChI is InChI=1S/C16H22N2O6S/c19-16(24-8-5-15-12-22-9-10-23-15)13-3-1-4-14(11-13)18-7-2-6-17-25(18,20)21/h1,3-4,11,15,17H,2,5-10,12H2. The van der Waals surface area contributed by atoms with Gasteiger partial charge in [-0.3, -0.25) is 4.31 Å². The van der Waals surface area contributed by atoms with Crippen LogP contribution in [0, 0.1) is 0 Å². The average Bonchev–Trinajstić information content (AvgIpc) is 2.62. The maximum Gasteiger partial charge on any atom is 0.338 e. The van der Waals surface area contributed by atoms with Crippen LogP contribution in [0.25, 0.3) is 0 Å². The number of esters is 1. The molecule has 25 heavy (non-hydrogen) atoms. The highest BCUT2D eigenvalue weighted by molar-refractivity contribution is 7.90. The number of rotatable bonds is 5. The monoisotopic (exact) mass is 370 g/mol. The third-order valence-corrected chi connectivity index (χ3v) is 5.58. The predicted molar refractivity (Wildman–Crippen MR) is 90.8 cm³/mol. The van der Waals surface area contributed by atoms with Crippen molar-refractivity contribution in [3.8, 4) is 0 Å². The number of anilines is 1. The van der Waals surface area contributed by atoms with Crippen LogP contribution in [0.5, 0.6) is 0 Å². The van der Waals surface area contributed by atoms with E-state index in [0.717, 1.165) is 0 Å². The smallest absolute Gasteiger partial charge is 0.338 e. The first kappa shape index (κ1) is 18.1. The van der Waals surface area contributed by atoms with Crippen LogP contribution < -0.4 is 9.03 Å². The summed E-state index contributed by atoms with van der Waals surface area (Å²) in [6.45, 7) is 2.68. The predicted octanol–water partition coefficient (Wildman–Crippen LogP) is 0.693. The maximum atomic E-state index is 12.2. The molecular formula is C16H22N2O6S. The molecule has 2 fully saturated rings. The van der Waals surface area contributed by atoms with Crippen molar-refractivity contribution < 1.29 is 27.4 Å². The lowest BCUT2D eigenvalue weighted by atomic mass is 10.2. The molecule has 2 heterocycles. The molecule has 1 atom stereocenters. The summed E-state index contributed by atoms with van der Waals surface area (Å²) in [5.41, 5.74) is 0.768. The van der Waals surface area contributed by atoms with Crippen molar-refractivity contribution in [2.24, 2.45) is 0 Å². The molecule has 2 aliphatic heterocycles. The molecule has 0 bridgehead atoms. The second-order valence-corrected chi connectivity index (χ2v) is 7.55. The SMILES string of the molecule is O=C(OCCC1COCCO1)c1cccc(N2CCCNS2(=O)=O)c1. The fourth-order valence-electron chi connectivity index (χ4n) is 2.75. The fourth-order valence-corrected chi connectivity index (χ4v) is 4.07. The lowest BCUT2D eigenvalue weighted by molar-refractivity contribution is -0.0950. The molecule has 9 heteroatoms. The van der Waals surface area contributed by atoms with E-state index in [0.29, 0.717) is 57.0 Å². The van der Waals surface area contributed by atoms with Crippen LogP contribution in [-0.2, 0) is 24.4 Å². The van der Waals surface area contributed by atoms with Gasteiger partial charge in [-0.2, -0.15) is 13.1 Å². The molecule has 2 aliphatic rings. The van der Waals surface area contributed by atoms with Crippen LogP contribution in [0.4, 0.5) is 5.69 Å². The first-order valence-corrected chi connectivity index (χ1v) is 9.74. The van der Waals surface area contributed by atoms with Crippen LogP contribution in [0.2, 0.25) is 0 Å². The van der Waals surface area contributed by atoms with E-state index < -0.39 is 16.2 Å². The normalized spacial score (nSPS) is 23.2. The van der Waals surface area contributed by atoms with Crippen molar-refractivity contribution in [1.82, 2.24) is 4.72 Å². The number of carbonyl (C=O) groups excluding carboxylic acids is 1. The second kappa shape index (κ2) is 8.13. The zero-order chi connectivity index (χ0) is 17.7. The van der Waals surface area contributed by atoms with Gasteiger partial charge in [0.1, 0.15) is 0 Å². The lowest BCUT2D eigenvalue weighted by Crippen LogP contribution is -2.47. The lowest BCUT2D eigenvalue weighted by Gasteiger charge is -2.28. The number of ether oxygens (including phenoxy) is 3. The van der Waals surface area contributed by atoms with Gasteiger partial charge in [0.2, 0.25) is 0 Å². The number of nitrogens with one attached hydrogen (secondary N) is 1. The minimum atomic E-state index is -3.55. The first-order chi connectivity index (χ1) is 12.1. The summed E-state index contributed by atoms with van der Waals surface area (Å²) in [5, 5.41) is 0. The molecular weight excluding hydrogens is 348 g/mol. The molecule has 1 aromatic rings. The minimum Gasteiger partial charge on any atom is -0.462 e. The van der Waals surface area contributed by atoms with Gasteiger partial charge in [0.15, 0.2) is 0 Å². The minimum absolute atomic E-state index is 0.0579. The van der Waals surface area contributed by atoms with E-state index in [2.05, 4.69) is 4.72 Å². The Balaban J connectivity index is 1.59. The van der Waals surface area contributed by atoms with Crippen molar-refractivity contribution >= 4 is 21.9 Å². The van der Waals surface area contributed by atoms with E-state index >= 15 is 0 Å². The van der Waals surface area contributed by atoms with E-state index in [1.54, 1.807) is 18.2 Å². The van der Waals surface area contributed by atoms with Crippen molar-refractivity contribution in [1.29, 1.82) is 0 Å². The zero-order valence-electron chi connectivity index (χ0n) is 13.8. The number of hydrogen-bond donors (Lipinski definition) is 1. The first-order valence-electron chi connectivity index (χ1n) is 8.30. The fraction of sp³-hybridized carbons (Fsp3) is 0.562. The number of nitrogens with zero attached hydrogens (tertiary/aromatic N) is 1. The molecule has 8 nitrogen and oxygen atoms in total. The summed E-state index contributed by atoms with van der Waals surface area (Å²) in [4.78, 5) is 12.2. The quantitative estimate of drug-likeness (QED) is 0.767. The molecule has 0 amide bonds.